The Balaban J connectivity index is 1.04. The number of carbonyl (C=O) groups excluding carboxylic acids is 3. The number of aromatic nitrogens is 3. The third-order valence-corrected chi connectivity index (χ3v) is 13.1. The number of amides is 2. The van der Waals surface area contributed by atoms with Crippen molar-refractivity contribution in [2.75, 3.05) is 27.3 Å². The van der Waals surface area contributed by atoms with Crippen LogP contribution in [0.15, 0.2) is 77.9 Å². The molecule has 0 unspecified atom stereocenters. The molecule has 2 bridgehead atoms. The molecule has 4 aliphatic rings. The quantitative estimate of drug-likeness (QED) is 0.129. The van der Waals surface area contributed by atoms with Gasteiger partial charge in [0, 0.05) is 78.3 Å². The lowest BCUT2D eigenvalue weighted by atomic mass is 9.67. The van der Waals surface area contributed by atoms with E-state index >= 15 is 0 Å². The second kappa shape index (κ2) is 17.3. The van der Waals surface area contributed by atoms with Gasteiger partial charge < -0.3 is 24.4 Å². The standard InChI is InChI=1S/C47H50Cl2N6O7/c1-46(2,3)62-45(59)53(26-31-13-15-39(56)51-31)25-30-23-50-38-22-28(18-21-55(38)43(30)57)33-8-6-9-34(40(33)48)35-10-7-11-36(41(35)49)37-14-12-29(42(52-37)60-4)24-54-27-47(44(58)61-5)19-16-32(54)17-20-47/h6-12,14,18,21-23,31-32H,13,15-17,19-20,24-27H2,1-5H3,(H,51,56)/t31-,32?,47?/m0/s1. The van der Waals surface area contributed by atoms with Crippen molar-refractivity contribution >= 4 is 46.8 Å². The molecule has 5 aromatic rings. The second-order valence-corrected chi connectivity index (χ2v) is 18.3. The van der Waals surface area contributed by atoms with E-state index in [2.05, 4.69) is 15.2 Å². The molecule has 13 nitrogen and oxygen atoms in total. The molecule has 6 heterocycles. The fraction of sp³-hybridized carbons (Fsp3) is 0.404. The van der Waals surface area contributed by atoms with Crippen LogP contribution in [0.2, 0.25) is 10.0 Å². The number of fused-ring (bicyclic) bond motifs is 4. The van der Waals surface area contributed by atoms with Gasteiger partial charge in [0.2, 0.25) is 11.8 Å². The van der Waals surface area contributed by atoms with Crippen LogP contribution < -0.4 is 15.6 Å². The summed E-state index contributed by atoms with van der Waals surface area (Å²) in [5.74, 6) is 0.295. The van der Waals surface area contributed by atoms with E-state index in [-0.39, 0.29) is 36.6 Å². The lowest BCUT2D eigenvalue weighted by Crippen LogP contribution is -2.56. The molecular weight excluding hydrogens is 831 g/mol. The maximum atomic E-state index is 13.8. The van der Waals surface area contributed by atoms with Crippen molar-refractivity contribution in [3.8, 4) is 39.4 Å². The number of hydrogen-bond acceptors (Lipinski definition) is 10. The molecule has 324 valence electrons. The monoisotopic (exact) mass is 880 g/mol. The number of ether oxygens (including phenoxy) is 3. The maximum Gasteiger partial charge on any atom is 0.410 e. The van der Waals surface area contributed by atoms with Crippen LogP contribution in [-0.2, 0) is 32.2 Å². The summed E-state index contributed by atoms with van der Waals surface area (Å²) in [7, 11) is 3.08. The molecule has 9 rings (SSSR count). The first-order valence-electron chi connectivity index (χ1n) is 20.9. The van der Waals surface area contributed by atoms with E-state index in [0.717, 1.165) is 36.8 Å². The second-order valence-electron chi connectivity index (χ2n) is 17.5. The van der Waals surface area contributed by atoms with Crippen LogP contribution in [0.3, 0.4) is 0 Å². The zero-order valence-corrected chi connectivity index (χ0v) is 37.0. The first kappa shape index (κ1) is 43.2. The van der Waals surface area contributed by atoms with E-state index < -0.39 is 17.1 Å². The number of methoxy groups -OCH3 is 2. The number of nitrogens with zero attached hydrogens (tertiary/aromatic N) is 5. The number of hydrogen-bond donors (Lipinski definition) is 1. The molecule has 3 aliphatic heterocycles. The Hall–Kier alpha value is -5.50. The molecule has 3 aromatic heterocycles. The van der Waals surface area contributed by atoms with Crippen LogP contribution in [-0.4, -0.2) is 87.1 Å². The number of benzene rings is 2. The molecule has 1 aliphatic carbocycles. The van der Waals surface area contributed by atoms with Crippen molar-refractivity contribution in [3.05, 3.63) is 105 Å². The lowest BCUT2D eigenvalue weighted by Gasteiger charge is -2.51. The molecule has 0 spiro atoms. The van der Waals surface area contributed by atoms with Crippen LogP contribution in [0.5, 0.6) is 5.88 Å². The Bertz CT molecular complexity index is 2620. The van der Waals surface area contributed by atoms with Crippen LogP contribution in [0, 0.1) is 5.41 Å². The molecule has 1 N–H and O–H groups in total. The van der Waals surface area contributed by atoms with E-state index in [4.69, 9.17) is 42.4 Å². The minimum atomic E-state index is -0.751. The number of carbonyl (C=O) groups is 3. The molecule has 1 atom stereocenters. The fourth-order valence-electron chi connectivity index (χ4n) is 9.11. The zero-order valence-electron chi connectivity index (χ0n) is 35.5. The van der Waals surface area contributed by atoms with Gasteiger partial charge in [-0.1, -0.05) is 65.7 Å². The fourth-order valence-corrected chi connectivity index (χ4v) is 9.77. The Morgan fingerprint density at radius 2 is 1.61 bits per heavy atom. The summed E-state index contributed by atoms with van der Waals surface area (Å²) in [6.45, 7) is 6.73. The number of rotatable bonds is 11. The van der Waals surface area contributed by atoms with Gasteiger partial charge in [0.15, 0.2) is 0 Å². The predicted molar refractivity (Wildman–Crippen MR) is 237 cm³/mol. The topological polar surface area (TPSA) is 145 Å². The Kier molecular flexibility index (Phi) is 12.1. The highest BCUT2D eigenvalue weighted by atomic mass is 35.5. The van der Waals surface area contributed by atoms with E-state index in [1.165, 1.54) is 22.6 Å². The van der Waals surface area contributed by atoms with Crippen LogP contribution in [0.4, 0.5) is 4.79 Å². The Labute approximate surface area is 370 Å². The Morgan fingerprint density at radius 3 is 2.27 bits per heavy atom. The summed E-state index contributed by atoms with van der Waals surface area (Å²) in [4.78, 5) is 65.1. The largest absolute Gasteiger partial charge is 0.481 e. The van der Waals surface area contributed by atoms with Crippen LogP contribution in [0.1, 0.15) is 70.4 Å². The minimum absolute atomic E-state index is 0.0456. The number of esters is 1. The predicted octanol–water partition coefficient (Wildman–Crippen LogP) is 8.34. The highest BCUT2D eigenvalue weighted by molar-refractivity contribution is 6.39. The average molecular weight is 882 g/mol. The smallest absolute Gasteiger partial charge is 0.410 e. The van der Waals surface area contributed by atoms with E-state index in [1.807, 2.05) is 48.5 Å². The summed E-state index contributed by atoms with van der Waals surface area (Å²) < 4.78 is 18.1. The third-order valence-electron chi connectivity index (χ3n) is 12.3. The first-order valence-corrected chi connectivity index (χ1v) is 21.6. The maximum absolute atomic E-state index is 13.8. The Morgan fingerprint density at radius 1 is 0.919 bits per heavy atom. The van der Waals surface area contributed by atoms with Crippen LogP contribution in [0.25, 0.3) is 39.2 Å². The van der Waals surface area contributed by atoms with Crippen molar-refractivity contribution in [2.24, 2.45) is 5.41 Å². The van der Waals surface area contributed by atoms with Gasteiger partial charge in [0.25, 0.3) is 5.56 Å². The van der Waals surface area contributed by atoms with Gasteiger partial charge in [-0.15, -0.1) is 0 Å². The van der Waals surface area contributed by atoms with Crippen LogP contribution >= 0.6 is 23.2 Å². The molecule has 2 amide bonds. The van der Waals surface area contributed by atoms with Gasteiger partial charge in [0.1, 0.15) is 11.2 Å². The van der Waals surface area contributed by atoms with E-state index in [0.29, 0.717) is 87.1 Å². The normalized spacial score (nSPS) is 20.0. The van der Waals surface area contributed by atoms with Gasteiger partial charge in [-0.2, -0.15) is 0 Å². The minimum Gasteiger partial charge on any atom is -0.481 e. The summed E-state index contributed by atoms with van der Waals surface area (Å²) in [6.07, 6.45) is 7.11. The number of halogens is 2. The molecule has 0 radical (unpaired) electrons. The molecule has 1 saturated carbocycles. The number of pyridine rings is 2. The van der Waals surface area contributed by atoms with E-state index in [1.54, 1.807) is 46.2 Å². The van der Waals surface area contributed by atoms with Gasteiger partial charge in [0.05, 0.1) is 47.5 Å². The van der Waals surface area contributed by atoms with Crippen molar-refractivity contribution in [3.63, 3.8) is 0 Å². The van der Waals surface area contributed by atoms with Gasteiger partial charge >= 0.3 is 12.1 Å². The summed E-state index contributed by atoms with van der Waals surface area (Å²) in [6, 6.07) is 19.1. The molecule has 2 aromatic carbocycles. The van der Waals surface area contributed by atoms with Gasteiger partial charge in [-0.05, 0) is 76.6 Å². The summed E-state index contributed by atoms with van der Waals surface area (Å²) >= 11 is 14.4. The highest BCUT2D eigenvalue weighted by Gasteiger charge is 2.50. The number of nitrogens with one attached hydrogen (secondary N) is 1. The zero-order chi connectivity index (χ0) is 43.9. The van der Waals surface area contributed by atoms with Crippen molar-refractivity contribution in [1.82, 2.24) is 29.5 Å². The van der Waals surface area contributed by atoms with Crippen molar-refractivity contribution in [2.45, 2.75) is 90.1 Å². The van der Waals surface area contributed by atoms with Gasteiger partial charge in [-0.3, -0.25) is 23.7 Å². The molecule has 62 heavy (non-hydrogen) atoms. The van der Waals surface area contributed by atoms with Gasteiger partial charge in [-0.25, -0.2) is 14.8 Å². The summed E-state index contributed by atoms with van der Waals surface area (Å²) in [5, 5.41) is 3.82. The molecule has 4 fully saturated rings. The average Bonchev–Trinajstić information content (AvgIpc) is 3.68. The van der Waals surface area contributed by atoms with Crippen molar-refractivity contribution < 1.29 is 28.6 Å². The van der Waals surface area contributed by atoms with E-state index in [9.17, 15) is 19.2 Å². The summed E-state index contributed by atoms with van der Waals surface area (Å²) in [5.41, 5.74) is 4.28. The first-order chi connectivity index (χ1) is 29.7. The lowest BCUT2D eigenvalue weighted by molar-refractivity contribution is -0.163. The molecule has 3 saturated heterocycles. The molecule has 15 heteroatoms. The highest BCUT2D eigenvalue weighted by Crippen LogP contribution is 2.47. The van der Waals surface area contributed by atoms with Crippen molar-refractivity contribution in [1.29, 1.82) is 0 Å². The SMILES string of the molecule is COC(=O)C12CCC(CC1)N(Cc1ccc(-c3cccc(-c4cccc(-c5ccn6c(=O)c(CN(C[C@@H]7CCC(=O)N7)C(=O)OC(C)(C)C)cnc6c5)c4Cl)c3Cl)nc1OC)C2. The molecular formula is C47H50Cl2N6O7. The third kappa shape index (κ3) is 8.62. The number of piperidine rings is 2.